The van der Waals surface area contributed by atoms with E-state index >= 15 is 0 Å². The van der Waals surface area contributed by atoms with Gasteiger partial charge in [-0.25, -0.2) is 9.78 Å². The second kappa shape index (κ2) is 8.44. The molecule has 0 saturated carbocycles. The maximum absolute atomic E-state index is 12.7. The van der Waals surface area contributed by atoms with E-state index in [2.05, 4.69) is 15.6 Å². The third-order valence-electron chi connectivity index (χ3n) is 3.62. The number of carbonyl (C=O) groups is 1. The molecule has 1 atom stereocenters. The van der Waals surface area contributed by atoms with Gasteiger partial charge in [-0.3, -0.25) is 5.32 Å². The maximum Gasteiger partial charge on any atom is 0.416 e. The van der Waals surface area contributed by atoms with Crippen LogP contribution >= 0.6 is 11.3 Å². The summed E-state index contributed by atoms with van der Waals surface area (Å²) in [5.41, 5.74) is -0.0786. The number of para-hydroxylation sites is 1. The molecule has 0 fully saturated rings. The van der Waals surface area contributed by atoms with Crippen LogP contribution in [0.1, 0.15) is 5.56 Å². The number of rotatable bonds is 6. The summed E-state index contributed by atoms with van der Waals surface area (Å²) >= 11 is 1.31. The number of thiazole rings is 1. The number of nitrogens with one attached hydrogen (secondary N) is 2. The van der Waals surface area contributed by atoms with Crippen molar-refractivity contribution in [3.63, 3.8) is 0 Å². The molecule has 0 aliphatic heterocycles. The van der Waals surface area contributed by atoms with E-state index in [0.29, 0.717) is 5.13 Å². The van der Waals surface area contributed by atoms with Crippen LogP contribution in [0.15, 0.2) is 48.5 Å². The first-order valence-corrected chi connectivity index (χ1v) is 9.01. The number of alkyl halides is 3. The highest BCUT2D eigenvalue weighted by atomic mass is 32.1. The Morgan fingerprint density at radius 3 is 2.75 bits per heavy atom. The van der Waals surface area contributed by atoms with E-state index in [-0.39, 0.29) is 18.9 Å². The molecule has 1 heterocycles. The maximum atomic E-state index is 12.7. The van der Waals surface area contributed by atoms with E-state index in [0.717, 1.165) is 22.3 Å². The average Bonchev–Trinajstić information content (AvgIpc) is 3.06. The lowest BCUT2D eigenvalue weighted by molar-refractivity contribution is -0.137. The van der Waals surface area contributed by atoms with E-state index in [1.165, 1.54) is 23.5 Å². The topological polar surface area (TPSA) is 83.5 Å². The molecule has 10 heteroatoms. The highest BCUT2D eigenvalue weighted by Gasteiger charge is 2.30. The number of fused-ring (bicyclic) bond motifs is 1. The summed E-state index contributed by atoms with van der Waals surface area (Å²) in [7, 11) is 0. The molecular weight excluding hydrogens is 395 g/mol. The van der Waals surface area contributed by atoms with Crippen molar-refractivity contribution >= 4 is 32.7 Å². The summed E-state index contributed by atoms with van der Waals surface area (Å²) in [6.45, 7) is -0.418. The average molecular weight is 411 g/mol. The highest BCUT2D eigenvalue weighted by Crippen LogP contribution is 2.31. The van der Waals surface area contributed by atoms with Crippen molar-refractivity contribution in [2.45, 2.75) is 12.3 Å². The number of ether oxygens (including phenoxy) is 1. The van der Waals surface area contributed by atoms with Crippen molar-refractivity contribution in [2.24, 2.45) is 0 Å². The van der Waals surface area contributed by atoms with Crippen LogP contribution in [0, 0.1) is 0 Å². The molecule has 0 aliphatic rings. The molecule has 2 amide bonds. The summed E-state index contributed by atoms with van der Waals surface area (Å²) < 4.78 is 44.1. The largest absolute Gasteiger partial charge is 0.491 e. The van der Waals surface area contributed by atoms with Crippen LogP contribution in [-0.2, 0) is 6.18 Å². The van der Waals surface area contributed by atoms with Gasteiger partial charge in [0.15, 0.2) is 5.13 Å². The minimum absolute atomic E-state index is 0.0206. The smallest absolute Gasteiger partial charge is 0.416 e. The molecule has 0 radical (unpaired) electrons. The molecule has 148 valence electrons. The number of amides is 2. The van der Waals surface area contributed by atoms with E-state index < -0.39 is 23.9 Å². The van der Waals surface area contributed by atoms with Gasteiger partial charge in [-0.05, 0) is 30.3 Å². The SMILES string of the molecule is O=C(NCC(O)COc1cccc(C(F)(F)F)c1)Nc1nc2ccccc2s1. The van der Waals surface area contributed by atoms with Crippen molar-refractivity contribution in [3.05, 3.63) is 54.1 Å². The van der Waals surface area contributed by atoms with Gasteiger partial charge in [0, 0.05) is 6.54 Å². The monoisotopic (exact) mass is 411 g/mol. The molecule has 6 nitrogen and oxygen atoms in total. The van der Waals surface area contributed by atoms with E-state index in [1.807, 2.05) is 24.3 Å². The lowest BCUT2D eigenvalue weighted by atomic mass is 10.2. The molecule has 2 aromatic carbocycles. The first-order chi connectivity index (χ1) is 13.3. The van der Waals surface area contributed by atoms with Crippen molar-refractivity contribution in [2.75, 3.05) is 18.5 Å². The Morgan fingerprint density at radius 1 is 1.21 bits per heavy atom. The van der Waals surface area contributed by atoms with Gasteiger partial charge in [0.25, 0.3) is 0 Å². The number of halogens is 3. The number of aromatic nitrogens is 1. The summed E-state index contributed by atoms with van der Waals surface area (Å²) in [5.74, 6) is -0.0206. The predicted octanol–water partition coefficient (Wildman–Crippen LogP) is 3.88. The first-order valence-electron chi connectivity index (χ1n) is 8.20. The van der Waals surface area contributed by atoms with Crippen LogP contribution in [0.3, 0.4) is 0 Å². The summed E-state index contributed by atoms with van der Waals surface area (Å²) in [6.07, 6.45) is -5.58. The van der Waals surface area contributed by atoms with Crippen molar-refractivity contribution in [3.8, 4) is 5.75 Å². The third-order valence-corrected chi connectivity index (χ3v) is 4.57. The van der Waals surface area contributed by atoms with Crippen molar-refractivity contribution in [1.29, 1.82) is 0 Å². The second-order valence-electron chi connectivity index (χ2n) is 5.81. The number of aliphatic hydroxyl groups excluding tert-OH is 1. The quantitative estimate of drug-likeness (QED) is 0.575. The summed E-state index contributed by atoms with van der Waals surface area (Å²) in [4.78, 5) is 16.1. The minimum atomic E-state index is -4.47. The zero-order valence-corrected chi connectivity index (χ0v) is 15.2. The van der Waals surface area contributed by atoms with Gasteiger partial charge in [0.1, 0.15) is 18.5 Å². The minimum Gasteiger partial charge on any atom is -0.491 e. The number of benzene rings is 2. The Hall–Kier alpha value is -2.85. The van der Waals surface area contributed by atoms with Crippen LogP contribution in [-0.4, -0.2) is 35.4 Å². The molecule has 0 spiro atoms. The molecular formula is C18H16F3N3O3S. The number of hydrogen-bond acceptors (Lipinski definition) is 5. The van der Waals surface area contributed by atoms with Gasteiger partial charge in [0.05, 0.1) is 15.8 Å². The summed E-state index contributed by atoms with van der Waals surface area (Å²) in [5, 5.41) is 15.3. The molecule has 3 rings (SSSR count). The van der Waals surface area contributed by atoms with Crippen LogP contribution in [0.5, 0.6) is 5.75 Å². The Kier molecular flexibility index (Phi) is 6.00. The van der Waals surface area contributed by atoms with Crippen LogP contribution in [0.4, 0.5) is 23.1 Å². The number of anilines is 1. The molecule has 0 aliphatic carbocycles. The number of hydrogen-bond donors (Lipinski definition) is 3. The van der Waals surface area contributed by atoms with Crippen molar-refractivity contribution < 1.29 is 27.8 Å². The van der Waals surface area contributed by atoms with E-state index in [1.54, 1.807) is 0 Å². The fourth-order valence-corrected chi connectivity index (χ4v) is 3.15. The van der Waals surface area contributed by atoms with Gasteiger partial charge >= 0.3 is 12.2 Å². The molecule has 0 bridgehead atoms. The van der Waals surface area contributed by atoms with E-state index in [4.69, 9.17) is 4.74 Å². The lowest BCUT2D eigenvalue weighted by Crippen LogP contribution is -2.37. The molecule has 28 heavy (non-hydrogen) atoms. The second-order valence-corrected chi connectivity index (χ2v) is 6.84. The highest BCUT2D eigenvalue weighted by molar-refractivity contribution is 7.22. The number of urea groups is 1. The van der Waals surface area contributed by atoms with Crippen LogP contribution in [0.25, 0.3) is 10.2 Å². The van der Waals surface area contributed by atoms with Crippen molar-refractivity contribution in [1.82, 2.24) is 10.3 Å². The lowest BCUT2D eigenvalue weighted by Gasteiger charge is -2.14. The van der Waals surface area contributed by atoms with Gasteiger partial charge < -0.3 is 15.2 Å². The Balaban J connectivity index is 1.45. The normalized spacial score (nSPS) is 12.6. The summed E-state index contributed by atoms with van der Waals surface area (Å²) in [6, 6.07) is 11.2. The standard InChI is InChI=1S/C18H16F3N3O3S/c19-18(20,21)11-4-3-5-13(8-11)27-10-12(25)9-22-16(26)24-17-23-14-6-1-2-7-15(14)28-17/h1-8,12,25H,9-10H2,(H2,22,23,24,26). The Labute approximate surface area is 162 Å². The molecule has 1 unspecified atom stereocenters. The van der Waals surface area contributed by atoms with Gasteiger partial charge in [-0.2, -0.15) is 13.2 Å². The fraction of sp³-hybridized carbons (Fsp3) is 0.222. The first kappa shape index (κ1) is 19.9. The van der Waals surface area contributed by atoms with E-state index in [9.17, 15) is 23.1 Å². The predicted molar refractivity (Wildman–Crippen MR) is 99.6 cm³/mol. The van der Waals surface area contributed by atoms with Gasteiger partial charge in [0.2, 0.25) is 0 Å². The Bertz CT molecular complexity index is 929. The molecule has 3 N–H and O–H groups in total. The number of carbonyl (C=O) groups excluding carboxylic acids is 1. The van der Waals surface area contributed by atoms with Gasteiger partial charge in [-0.15, -0.1) is 0 Å². The zero-order valence-electron chi connectivity index (χ0n) is 14.4. The molecule has 0 saturated heterocycles. The fourth-order valence-electron chi connectivity index (χ4n) is 2.29. The van der Waals surface area contributed by atoms with Gasteiger partial charge in [-0.1, -0.05) is 29.5 Å². The molecule has 3 aromatic rings. The van der Waals surface area contributed by atoms with Crippen LogP contribution < -0.4 is 15.4 Å². The van der Waals surface area contributed by atoms with Crippen LogP contribution in [0.2, 0.25) is 0 Å². The Morgan fingerprint density at radius 2 is 2.00 bits per heavy atom. The third kappa shape index (κ3) is 5.33. The number of aliphatic hydroxyl groups is 1. The molecule has 1 aromatic heterocycles. The number of nitrogens with zero attached hydrogens (tertiary/aromatic N) is 1. The zero-order chi connectivity index (χ0) is 20.1.